The number of nitrogen functional groups attached to an aromatic ring is 1. The van der Waals surface area contributed by atoms with Crippen LogP contribution in [0.4, 0.5) is 5.95 Å². The van der Waals surface area contributed by atoms with E-state index in [2.05, 4.69) is 10.1 Å². The molecule has 2 aliphatic rings. The molecule has 0 aromatic carbocycles. The molecule has 0 radical (unpaired) electrons. The average molecular weight is 194 g/mol. The standard InChI is InChI=1S/C9H14N4O/c10-8-11-6-13(12-8)7-5-9(7)1-3-14-4-2-9/h6-7H,1-5H2,(H2,10,12). The zero-order valence-electron chi connectivity index (χ0n) is 8.02. The molecule has 1 atom stereocenters. The smallest absolute Gasteiger partial charge is 0.239 e. The highest BCUT2D eigenvalue weighted by atomic mass is 16.5. The predicted molar refractivity (Wildman–Crippen MR) is 50.6 cm³/mol. The van der Waals surface area contributed by atoms with Crippen LogP contribution in [0.5, 0.6) is 0 Å². The lowest BCUT2D eigenvalue weighted by Crippen LogP contribution is -2.19. The first-order valence-electron chi connectivity index (χ1n) is 5.05. The van der Waals surface area contributed by atoms with Crippen molar-refractivity contribution in [1.29, 1.82) is 0 Å². The van der Waals surface area contributed by atoms with Gasteiger partial charge in [0.25, 0.3) is 0 Å². The van der Waals surface area contributed by atoms with Crippen molar-refractivity contribution in [3.8, 4) is 0 Å². The first-order valence-corrected chi connectivity index (χ1v) is 5.05. The largest absolute Gasteiger partial charge is 0.381 e. The summed E-state index contributed by atoms with van der Waals surface area (Å²) in [4.78, 5) is 3.95. The average Bonchev–Trinajstić information content (AvgIpc) is 2.70. The van der Waals surface area contributed by atoms with Gasteiger partial charge in [-0.2, -0.15) is 0 Å². The molecule has 1 unspecified atom stereocenters. The van der Waals surface area contributed by atoms with Crippen molar-refractivity contribution < 1.29 is 4.74 Å². The Morgan fingerprint density at radius 3 is 2.93 bits per heavy atom. The molecule has 1 aromatic heterocycles. The fourth-order valence-corrected chi connectivity index (χ4v) is 2.45. The third-order valence-electron chi connectivity index (χ3n) is 3.48. The molecule has 5 nitrogen and oxygen atoms in total. The summed E-state index contributed by atoms with van der Waals surface area (Å²) in [6, 6.07) is 0.510. The van der Waals surface area contributed by atoms with Gasteiger partial charge >= 0.3 is 0 Å². The van der Waals surface area contributed by atoms with Crippen molar-refractivity contribution in [3.05, 3.63) is 6.33 Å². The third-order valence-corrected chi connectivity index (χ3v) is 3.48. The number of hydrogen-bond acceptors (Lipinski definition) is 4. The van der Waals surface area contributed by atoms with E-state index >= 15 is 0 Å². The lowest BCUT2D eigenvalue weighted by atomic mass is 9.96. The fraction of sp³-hybridized carbons (Fsp3) is 0.778. The van der Waals surface area contributed by atoms with E-state index < -0.39 is 0 Å². The van der Waals surface area contributed by atoms with Crippen LogP contribution < -0.4 is 5.73 Å². The third kappa shape index (κ3) is 1.12. The van der Waals surface area contributed by atoms with Crippen LogP contribution in [0.25, 0.3) is 0 Å². The Balaban J connectivity index is 1.77. The van der Waals surface area contributed by atoms with Gasteiger partial charge in [-0.1, -0.05) is 0 Å². The SMILES string of the molecule is Nc1ncn(C2CC23CCOCC3)n1. The van der Waals surface area contributed by atoms with E-state index in [0.29, 0.717) is 17.4 Å². The van der Waals surface area contributed by atoms with Crippen LogP contribution in [0.1, 0.15) is 25.3 Å². The van der Waals surface area contributed by atoms with Gasteiger partial charge in [0, 0.05) is 13.2 Å². The van der Waals surface area contributed by atoms with Gasteiger partial charge in [-0.05, 0) is 24.7 Å². The second-order valence-corrected chi connectivity index (χ2v) is 4.28. The second kappa shape index (κ2) is 2.70. The van der Waals surface area contributed by atoms with E-state index in [9.17, 15) is 0 Å². The molecule has 14 heavy (non-hydrogen) atoms. The fourth-order valence-electron chi connectivity index (χ4n) is 2.45. The zero-order valence-corrected chi connectivity index (χ0v) is 8.02. The number of nitrogens with two attached hydrogens (primary N) is 1. The van der Waals surface area contributed by atoms with Crippen molar-refractivity contribution in [1.82, 2.24) is 14.8 Å². The number of rotatable bonds is 1. The van der Waals surface area contributed by atoms with Gasteiger partial charge in [0.1, 0.15) is 6.33 Å². The molecule has 0 bridgehead atoms. The number of aromatic nitrogens is 3. The van der Waals surface area contributed by atoms with E-state index in [1.54, 1.807) is 6.33 Å². The molecule has 1 saturated carbocycles. The van der Waals surface area contributed by atoms with Crippen molar-refractivity contribution in [2.45, 2.75) is 25.3 Å². The zero-order chi connectivity index (χ0) is 9.60. The van der Waals surface area contributed by atoms with Gasteiger partial charge < -0.3 is 10.5 Å². The quantitative estimate of drug-likeness (QED) is 0.711. The molecule has 2 heterocycles. The topological polar surface area (TPSA) is 66.0 Å². The van der Waals surface area contributed by atoms with Crippen LogP contribution in [-0.4, -0.2) is 28.0 Å². The molecule has 2 fully saturated rings. The molecule has 1 aliphatic heterocycles. The molecule has 0 amide bonds. The summed E-state index contributed by atoms with van der Waals surface area (Å²) in [5.74, 6) is 0.374. The van der Waals surface area contributed by atoms with Crippen LogP contribution in [0, 0.1) is 5.41 Å². The van der Waals surface area contributed by atoms with Gasteiger partial charge in [0.05, 0.1) is 6.04 Å². The Morgan fingerprint density at radius 2 is 2.29 bits per heavy atom. The summed E-state index contributed by atoms with van der Waals surface area (Å²) >= 11 is 0. The molecule has 76 valence electrons. The molecule has 1 aromatic rings. The normalized spacial score (nSPS) is 29.3. The molecular formula is C9H14N4O. The van der Waals surface area contributed by atoms with Crippen LogP contribution in [0.2, 0.25) is 0 Å². The molecule has 1 aliphatic carbocycles. The first kappa shape index (κ1) is 8.23. The predicted octanol–water partition coefficient (Wildman–Crippen LogP) is 0.602. The Hall–Kier alpha value is -1.10. The molecule has 2 N–H and O–H groups in total. The first-order chi connectivity index (χ1) is 6.80. The van der Waals surface area contributed by atoms with Crippen LogP contribution in [-0.2, 0) is 4.74 Å². The Kier molecular flexibility index (Phi) is 1.58. The lowest BCUT2D eigenvalue weighted by molar-refractivity contribution is 0.0520. The molecule has 5 heteroatoms. The van der Waals surface area contributed by atoms with Gasteiger partial charge in [0.15, 0.2) is 0 Å². The summed E-state index contributed by atoms with van der Waals surface area (Å²) in [5.41, 5.74) is 5.94. The van der Waals surface area contributed by atoms with E-state index in [4.69, 9.17) is 10.5 Å². The minimum Gasteiger partial charge on any atom is -0.381 e. The maximum Gasteiger partial charge on any atom is 0.239 e. The van der Waals surface area contributed by atoms with E-state index in [1.165, 1.54) is 6.42 Å². The Bertz CT molecular complexity index is 342. The second-order valence-electron chi connectivity index (χ2n) is 4.28. The Labute approximate surface area is 82.3 Å². The van der Waals surface area contributed by atoms with Crippen LogP contribution in [0.3, 0.4) is 0 Å². The maximum atomic E-state index is 5.49. The summed E-state index contributed by atoms with van der Waals surface area (Å²) in [7, 11) is 0. The summed E-state index contributed by atoms with van der Waals surface area (Å²) in [6.45, 7) is 1.78. The van der Waals surface area contributed by atoms with Crippen molar-refractivity contribution >= 4 is 5.95 Å². The lowest BCUT2D eigenvalue weighted by Gasteiger charge is -2.22. The van der Waals surface area contributed by atoms with Crippen molar-refractivity contribution in [2.75, 3.05) is 18.9 Å². The highest BCUT2D eigenvalue weighted by Crippen LogP contribution is 2.61. The van der Waals surface area contributed by atoms with E-state index in [-0.39, 0.29) is 0 Å². The Morgan fingerprint density at radius 1 is 1.50 bits per heavy atom. The summed E-state index contributed by atoms with van der Waals surface area (Å²) < 4.78 is 7.28. The van der Waals surface area contributed by atoms with Crippen molar-refractivity contribution in [2.24, 2.45) is 5.41 Å². The number of hydrogen-bond donors (Lipinski definition) is 1. The minimum atomic E-state index is 0.374. The van der Waals surface area contributed by atoms with Gasteiger partial charge in [-0.25, -0.2) is 9.67 Å². The number of nitrogens with zero attached hydrogens (tertiary/aromatic N) is 3. The van der Waals surface area contributed by atoms with Gasteiger partial charge in [0.2, 0.25) is 5.95 Å². The monoisotopic (exact) mass is 194 g/mol. The molecule has 1 saturated heterocycles. The minimum absolute atomic E-state index is 0.374. The van der Waals surface area contributed by atoms with Crippen LogP contribution >= 0.6 is 0 Å². The van der Waals surface area contributed by atoms with E-state index in [0.717, 1.165) is 26.1 Å². The van der Waals surface area contributed by atoms with Crippen LogP contribution in [0.15, 0.2) is 6.33 Å². The van der Waals surface area contributed by atoms with Crippen molar-refractivity contribution in [3.63, 3.8) is 0 Å². The van der Waals surface area contributed by atoms with Gasteiger partial charge in [-0.15, -0.1) is 5.10 Å². The number of anilines is 1. The molecular weight excluding hydrogens is 180 g/mol. The molecule has 1 spiro atoms. The highest BCUT2D eigenvalue weighted by molar-refractivity contribution is 5.13. The van der Waals surface area contributed by atoms with E-state index in [1.807, 2.05) is 4.68 Å². The molecule has 3 rings (SSSR count). The summed E-state index contributed by atoms with van der Waals surface area (Å²) in [5, 5.41) is 4.16. The highest BCUT2D eigenvalue weighted by Gasteiger charge is 2.56. The summed E-state index contributed by atoms with van der Waals surface area (Å²) in [6.07, 6.45) is 5.25. The maximum absolute atomic E-state index is 5.49. The van der Waals surface area contributed by atoms with Gasteiger partial charge in [-0.3, -0.25) is 0 Å². The number of ether oxygens (including phenoxy) is 1.